The monoisotopic (exact) mass is 988 g/mol. The first-order chi connectivity index (χ1) is 38.2. The molecular formula is C75H60N2. The van der Waals surface area contributed by atoms with Crippen LogP contribution in [0.3, 0.4) is 0 Å². The van der Waals surface area contributed by atoms with Gasteiger partial charge in [0.15, 0.2) is 0 Å². The third-order valence-electron chi connectivity index (χ3n) is 15.4. The van der Waals surface area contributed by atoms with E-state index in [0.717, 1.165) is 58.1 Å². The van der Waals surface area contributed by atoms with Crippen LogP contribution in [0.25, 0.3) is 50.6 Å². The minimum absolute atomic E-state index is 0.458. The molecule has 1 spiro atoms. The van der Waals surface area contributed by atoms with Crippen molar-refractivity contribution in [2.75, 3.05) is 9.80 Å². The summed E-state index contributed by atoms with van der Waals surface area (Å²) in [5, 5.41) is 0. The van der Waals surface area contributed by atoms with E-state index in [9.17, 15) is 0 Å². The molecule has 2 nitrogen and oxygen atoms in total. The molecule has 0 aromatic heterocycles. The van der Waals surface area contributed by atoms with Gasteiger partial charge in [-0.1, -0.05) is 233 Å². The Hall–Kier alpha value is -9.50. The minimum Gasteiger partial charge on any atom is -0.311 e. The lowest BCUT2D eigenvalue weighted by Gasteiger charge is -2.33. The number of nitrogens with zero attached hydrogens (tertiary/aromatic N) is 2. The van der Waals surface area contributed by atoms with Gasteiger partial charge in [0.2, 0.25) is 0 Å². The van der Waals surface area contributed by atoms with Gasteiger partial charge >= 0.3 is 0 Å². The van der Waals surface area contributed by atoms with Crippen LogP contribution in [0.15, 0.2) is 297 Å². The largest absolute Gasteiger partial charge is 0.311 e. The van der Waals surface area contributed by atoms with Crippen molar-refractivity contribution in [2.24, 2.45) is 0 Å². The Labute approximate surface area is 454 Å². The van der Waals surface area contributed by atoms with Gasteiger partial charge in [-0.15, -0.1) is 0 Å². The molecule has 0 saturated carbocycles. The van der Waals surface area contributed by atoms with Crippen molar-refractivity contribution in [1.29, 1.82) is 0 Å². The average Bonchev–Trinajstić information content (AvgIpc) is 4.22. The minimum atomic E-state index is -0.458. The second kappa shape index (κ2) is 21.4. The zero-order valence-electron chi connectivity index (χ0n) is 43.7. The Morgan fingerprint density at radius 1 is 0.403 bits per heavy atom. The highest BCUT2D eigenvalue weighted by atomic mass is 15.1. The molecule has 0 unspecified atom stereocenters. The van der Waals surface area contributed by atoms with Crippen LogP contribution in [0.2, 0.25) is 0 Å². The Morgan fingerprint density at radius 3 is 1.39 bits per heavy atom. The van der Waals surface area contributed by atoms with E-state index in [1.807, 2.05) is 19.9 Å². The van der Waals surface area contributed by atoms with E-state index in [-0.39, 0.29) is 0 Å². The second-order valence-corrected chi connectivity index (χ2v) is 19.5. The van der Waals surface area contributed by atoms with Crippen molar-refractivity contribution >= 4 is 51.3 Å². The van der Waals surface area contributed by atoms with Crippen LogP contribution in [0.5, 0.6) is 0 Å². The molecular weight excluding hydrogens is 929 g/mol. The van der Waals surface area contributed by atoms with Crippen LogP contribution >= 0.6 is 0 Å². The Morgan fingerprint density at radius 2 is 0.844 bits per heavy atom. The molecule has 77 heavy (non-hydrogen) atoms. The quantitative estimate of drug-likeness (QED) is 0.113. The first kappa shape index (κ1) is 48.4. The van der Waals surface area contributed by atoms with Crippen molar-refractivity contribution in [3.8, 4) is 33.4 Å². The maximum absolute atomic E-state index is 4.04. The molecule has 0 radical (unpaired) electrons. The number of benzene rings is 10. The molecule has 3 aliphatic carbocycles. The molecule has 0 bridgehead atoms. The maximum atomic E-state index is 4.04. The highest BCUT2D eigenvalue weighted by Crippen LogP contribution is 2.61. The van der Waals surface area contributed by atoms with E-state index in [1.54, 1.807) is 0 Å². The highest BCUT2D eigenvalue weighted by molar-refractivity contribution is 6.00. The van der Waals surface area contributed by atoms with E-state index in [0.29, 0.717) is 0 Å². The standard InChI is InChI=1S/C73H54N2.C2H6/c1-2-3-23-57-50-56-42-49-63(51-72(56)73(57)70-34-19-17-32-68(70)69-33-18-20-35-71(69)73)75(59-26-11-6-12-27-59)62-45-38-53(39-46-62)52-36-43-60(44-37-52)74(58-24-9-5-10-25-58)61-47-40-55(41-48-61)65-29-14-16-31-67(65)66-30-15-13-28-64(66)54-21-7-4-8-22-54;1-2/h2-15,17-30,32-51H,1,16,31H2;1-2H3/b23-3-;. The summed E-state index contributed by atoms with van der Waals surface area (Å²) in [4.78, 5) is 4.74. The fraction of sp³-hybridized carbons (Fsp3) is 0.0667. The molecule has 0 fully saturated rings. The van der Waals surface area contributed by atoms with Gasteiger partial charge in [-0.25, -0.2) is 0 Å². The normalized spacial score (nSPS) is 13.6. The van der Waals surface area contributed by atoms with Gasteiger partial charge in [0.05, 0.1) is 5.41 Å². The third kappa shape index (κ3) is 8.78. The molecule has 3 aliphatic rings. The maximum Gasteiger partial charge on any atom is 0.0720 e. The zero-order valence-corrected chi connectivity index (χ0v) is 43.7. The summed E-state index contributed by atoms with van der Waals surface area (Å²) >= 11 is 0. The van der Waals surface area contributed by atoms with Crippen LogP contribution in [0, 0.1) is 0 Å². The van der Waals surface area contributed by atoms with Crippen molar-refractivity contribution in [2.45, 2.75) is 32.1 Å². The predicted octanol–water partition coefficient (Wildman–Crippen LogP) is 20.7. The molecule has 0 atom stereocenters. The Bertz CT molecular complexity index is 3810. The third-order valence-corrected chi connectivity index (χ3v) is 15.4. The topological polar surface area (TPSA) is 6.48 Å². The number of anilines is 6. The zero-order chi connectivity index (χ0) is 52.1. The summed E-state index contributed by atoms with van der Waals surface area (Å²) in [6.07, 6.45) is 15.2. The molecule has 0 aliphatic heterocycles. The average molecular weight is 989 g/mol. The number of hydrogen-bond acceptors (Lipinski definition) is 2. The van der Waals surface area contributed by atoms with Crippen molar-refractivity contribution in [1.82, 2.24) is 0 Å². The van der Waals surface area contributed by atoms with Crippen LogP contribution < -0.4 is 9.80 Å². The molecule has 2 heteroatoms. The van der Waals surface area contributed by atoms with Gasteiger partial charge in [-0.05, 0) is 175 Å². The van der Waals surface area contributed by atoms with Crippen LogP contribution in [0.4, 0.5) is 34.1 Å². The smallest absolute Gasteiger partial charge is 0.0720 e. The van der Waals surface area contributed by atoms with Gasteiger partial charge in [0.1, 0.15) is 0 Å². The van der Waals surface area contributed by atoms with Crippen LogP contribution in [-0.4, -0.2) is 0 Å². The number of hydrogen-bond donors (Lipinski definition) is 0. The summed E-state index contributed by atoms with van der Waals surface area (Å²) in [5.41, 5.74) is 25.2. The molecule has 10 aromatic carbocycles. The Kier molecular flexibility index (Phi) is 13.5. The summed E-state index contributed by atoms with van der Waals surface area (Å²) < 4.78 is 0. The fourth-order valence-electron chi connectivity index (χ4n) is 12.0. The summed E-state index contributed by atoms with van der Waals surface area (Å²) in [5.74, 6) is 0. The summed E-state index contributed by atoms with van der Waals surface area (Å²) in [7, 11) is 0. The first-order valence-electron chi connectivity index (χ1n) is 27.1. The fourth-order valence-corrected chi connectivity index (χ4v) is 12.0. The molecule has 0 saturated heterocycles. The van der Waals surface area contributed by atoms with E-state index < -0.39 is 5.41 Å². The van der Waals surface area contributed by atoms with Crippen LogP contribution in [0.1, 0.15) is 60.1 Å². The molecule has 370 valence electrons. The van der Waals surface area contributed by atoms with Crippen molar-refractivity contribution in [3.05, 3.63) is 331 Å². The van der Waals surface area contributed by atoms with Crippen molar-refractivity contribution < 1.29 is 0 Å². The first-order valence-corrected chi connectivity index (χ1v) is 27.1. The lowest BCUT2D eigenvalue weighted by molar-refractivity contribution is 0.786. The molecule has 13 rings (SSSR count). The van der Waals surface area contributed by atoms with E-state index in [2.05, 4.69) is 302 Å². The molecule has 0 amide bonds. The number of allylic oxidation sites excluding steroid dienone is 8. The molecule has 0 N–H and O–H groups in total. The van der Waals surface area contributed by atoms with Crippen molar-refractivity contribution in [3.63, 3.8) is 0 Å². The number of para-hydroxylation sites is 2. The lowest BCUT2D eigenvalue weighted by atomic mass is 9.69. The second-order valence-electron chi connectivity index (χ2n) is 19.5. The lowest BCUT2D eigenvalue weighted by Crippen LogP contribution is -2.27. The van der Waals surface area contributed by atoms with E-state index >= 15 is 0 Å². The molecule has 10 aromatic rings. The van der Waals surface area contributed by atoms with Gasteiger partial charge in [-0.2, -0.15) is 0 Å². The number of rotatable bonds is 12. The van der Waals surface area contributed by atoms with Gasteiger partial charge in [0, 0.05) is 34.1 Å². The van der Waals surface area contributed by atoms with Gasteiger partial charge in [-0.3, -0.25) is 0 Å². The molecule has 0 heterocycles. The highest BCUT2D eigenvalue weighted by Gasteiger charge is 2.50. The number of fused-ring (bicyclic) bond motifs is 7. The van der Waals surface area contributed by atoms with Crippen LogP contribution in [-0.2, 0) is 5.41 Å². The van der Waals surface area contributed by atoms with Gasteiger partial charge in [0.25, 0.3) is 0 Å². The summed E-state index contributed by atoms with van der Waals surface area (Å²) in [6.45, 7) is 8.04. The van der Waals surface area contributed by atoms with E-state index in [4.69, 9.17) is 0 Å². The Balaban J connectivity index is 0.00000295. The predicted molar refractivity (Wildman–Crippen MR) is 329 cm³/mol. The SMILES string of the molecule is C=C/C=C\C1=Cc2ccc(N(c3ccccc3)c3ccc(-c4ccc(N(c5ccccc5)c5ccc(C6=C(c7ccccc7-c7ccccc7)CCC=C6)cc5)cc4)cc3)cc2C12c1ccccc1-c1ccccc12.CC. The van der Waals surface area contributed by atoms with Gasteiger partial charge < -0.3 is 9.80 Å². The summed E-state index contributed by atoms with van der Waals surface area (Å²) in [6, 6.07) is 93.1. The van der Waals surface area contributed by atoms with E-state index in [1.165, 1.54) is 72.4 Å².